The van der Waals surface area contributed by atoms with Crippen molar-refractivity contribution >= 4 is 22.5 Å². The van der Waals surface area contributed by atoms with Crippen LogP contribution in [0, 0.1) is 0 Å². The topological polar surface area (TPSA) is 104 Å². The normalized spacial score (nSPS) is 10.8. The first-order valence-corrected chi connectivity index (χ1v) is 6.12. The number of benzene rings is 1. The van der Waals surface area contributed by atoms with Crippen LogP contribution in [-0.2, 0) is 6.54 Å². The van der Waals surface area contributed by atoms with E-state index in [9.17, 15) is 4.79 Å². The second kappa shape index (κ2) is 4.69. The Kier molecular flexibility index (Phi) is 2.86. The van der Waals surface area contributed by atoms with Gasteiger partial charge in [-0.2, -0.15) is 10.2 Å². The molecule has 2 aromatic heterocycles. The predicted octanol–water partition coefficient (Wildman–Crippen LogP) is 1.14. The summed E-state index contributed by atoms with van der Waals surface area (Å²) in [6.45, 7) is 0.464. The van der Waals surface area contributed by atoms with E-state index < -0.39 is 0 Å². The predicted molar refractivity (Wildman–Crippen MR) is 74.9 cm³/mol. The Balaban J connectivity index is 1.90. The number of nitrogens with zero attached hydrogens (tertiary/aromatic N) is 3. The fourth-order valence-corrected chi connectivity index (χ4v) is 2.09. The maximum atomic E-state index is 12.4. The molecule has 1 aromatic carbocycles. The summed E-state index contributed by atoms with van der Waals surface area (Å²) >= 11 is 0. The molecule has 2 heterocycles. The van der Waals surface area contributed by atoms with Crippen molar-refractivity contribution in [1.29, 1.82) is 0 Å². The van der Waals surface area contributed by atoms with Gasteiger partial charge >= 0.3 is 0 Å². The number of anilines is 1. The molecule has 0 unspecified atom stereocenters. The van der Waals surface area contributed by atoms with E-state index in [0.717, 1.165) is 16.5 Å². The van der Waals surface area contributed by atoms with Crippen LogP contribution in [0.1, 0.15) is 16.1 Å². The Morgan fingerprint density at radius 1 is 1.45 bits per heavy atom. The Hall–Kier alpha value is -2.83. The van der Waals surface area contributed by atoms with Crippen molar-refractivity contribution in [2.45, 2.75) is 6.54 Å². The number of aromatic nitrogens is 4. The molecule has 102 valence electrons. The Labute approximate surface area is 114 Å². The van der Waals surface area contributed by atoms with Crippen molar-refractivity contribution in [3.63, 3.8) is 0 Å². The third-order valence-electron chi connectivity index (χ3n) is 3.11. The third-order valence-corrected chi connectivity index (χ3v) is 3.11. The van der Waals surface area contributed by atoms with Gasteiger partial charge in [-0.25, -0.2) is 0 Å². The lowest BCUT2D eigenvalue weighted by atomic mass is 10.1. The molecule has 0 spiro atoms. The molecule has 0 aliphatic carbocycles. The molecule has 7 heteroatoms. The summed E-state index contributed by atoms with van der Waals surface area (Å²) in [5.41, 5.74) is 8.46. The number of hydrogen-bond donors (Lipinski definition) is 3. The van der Waals surface area contributed by atoms with Gasteiger partial charge in [-0.05, 0) is 18.2 Å². The summed E-state index contributed by atoms with van der Waals surface area (Å²) in [4.78, 5) is 14.0. The molecular weight excluding hydrogens is 256 g/mol. The summed E-state index contributed by atoms with van der Waals surface area (Å²) in [7, 11) is 1.72. The molecule has 0 bridgehead atoms. The summed E-state index contributed by atoms with van der Waals surface area (Å²) in [5.74, 6) is -0.164. The summed E-state index contributed by atoms with van der Waals surface area (Å²) in [6, 6.07) is 5.33. The highest BCUT2D eigenvalue weighted by atomic mass is 16.2. The SMILES string of the molecule is CN(Cc1cn[nH]c1)C(=O)c1n[nH]c2ccc(N)cc12. The average Bonchev–Trinajstić information content (AvgIpc) is 3.06. The largest absolute Gasteiger partial charge is 0.399 e. The van der Waals surface area contributed by atoms with E-state index in [1.165, 1.54) is 0 Å². The molecule has 0 saturated carbocycles. The Morgan fingerprint density at radius 2 is 2.30 bits per heavy atom. The van der Waals surface area contributed by atoms with Crippen LogP contribution in [0.5, 0.6) is 0 Å². The molecular formula is C13H14N6O. The molecule has 0 aliphatic rings. The first-order valence-electron chi connectivity index (χ1n) is 6.12. The van der Waals surface area contributed by atoms with Crippen molar-refractivity contribution in [2.75, 3.05) is 12.8 Å². The van der Waals surface area contributed by atoms with Crippen molar-refractivity contribution < 1.29 is 4.79 Å². The molecule has 0 atom stereocenters. The number of aromatic amines is 2. The smallest absolute Gasteiger partial charge is 0.275 e. The minimum absolute atomic E-state index is 0.164. The number of rotatable bonds is 3. The van der Waals surface area contributed by atoms with E-state index in [-0.39, 0.29) is 5.91 Å². The van der Waals surface area contributed by atoms with Crippen LogP contribution < -0.4 is 5.73 Å². The van der Waals surface area contributed by atoms with Gasteiger partial charge in [0.1, 0.15) is 0 Å². The van der Waals surface area contributed by atoms with Gasteiger partial charge in [0.25, 0.3) is 5.91 Å². The summed E-state index contributed by atoms with van der Waals surface area (Å²) < 4.78 is 0. The number of carbonyl (C=O) groups excluding carboxylic acids is 1. The highest BCUT2D eigenvalue weighted by Crippen LogP contribution is 2.20. The third kappa shape index (κ3) is 2.09. The summed E-state index contributed by atoms with van der Waals surface area (Å²) in [6.07, 6.45) is 3.44. The zero-order valence-corrected chi connectivity index (χ0v) is 10.9. The van der Waals surface area contributed by atoms with Crippen LogP contribution >= 0.6 is 0 Å². The van der Waals surface area contributed by atoms with Gasteiger partial charge in [-0.15, -0.1) is 0 Å². The molecule has 7 nitrogen and oxygen atoms in total. The van der Waals surface area contributed by atoms with E-state index in [0.29, 0.717) is 17.9 Å². The lowest BCUT2D eigenvalue weighted by Gasteiger charge is -2.14. The number of amides is 1. The van der Waals surface area contributed by atoms with E-state index in [1.807, 2.05) is 6.07 Å². The Morgan fingerprint density at radius 3 is 3.05 bits per heavy atom. The maximum Gasteiger partial charge on any atom is 0.275 e. The molecule has 0 aliphatic heterocycles. The number of nitrogens with one attached hydrogen (secondary N) is 2. The quantitative estimate of drug-likeness (QED) is 0.621. The number of nitrogens with two attached hydrogens (primary N) is 1. The van der Waals surface area contributed by atoms with Crippen LogP contribution in [0.25, 0.3) is 10.9 Å². The minimum atomic E-state index is -0.164. The van der Waals surface area contributed by atoms with Gasteiger partial charge < -0.3 is 10.6 Å². The summed E-state index contributed by atoms with van der Waals surface area (Å²) in [5, 5.41) is 14.2. The van der Waals surface area contributed by atoms with Gasteiger partial charge in [0.05, 0.1) is 11.7 Å². The van der Waals surface area contributed by atoms with Crippen LogP contribution in [0.4, 0.5) is 5.69 Å². The average molecular weight is 270 g/mol. The van der Waals surface area contributed by atoms with Crippen LogP contribution in [0.15, 0.2) is 30.6 Å². The first-order chi connectivity index (χ1) is 9.65. The number of carbonyl (C=O) groups is 1. The molecule has 3 rings (SSSR count). The number of nitrogen functional groups attached to an aromatic ring is 1. The van der Waals surface area contributed by atoms with Crippen molar-refractivity contribution in [2.24, 2.45) is 0 Å². The highest BCUT2D eigenvalue weighted by Gasteiger charge is 2.18. The Bertz CT molecular complexity index is 745. The number of H-pyrrole nitrogens is 2. The van der Waals surface area contributed by atoms with Gasteiger partial charge in [-0.3, -0.25) is 15.0 Å². The molecule has 3 aromatic rings. The highest BCUT2D eigenvalue weighted by molar-refractivity contribution is 6.05. The lowest BCUT2D eigenvalue weighted by molar-refractivity contribution is 0.0781. The minimum Gasteiger partial charge on any atom is -0.399 e. The molecule has 4 N–H and O–H groups in total. The van der Waals surface area contributed by atoms with Gasteiger partial charge in [0.15, 0.2) is 5.69 Å². The van der Waals surface area contributed by atoms with Gasteiger partial charge in [-0.1, -0.05) is 0 Å². The van der Waals surface area contributed by atoms with Crippen molar-refractivity contribution in [3.8, 4) is 0 Å². The second-order valence-electron chi connectivity index (χ2n) is 4.65. The standard InChI is InChI=1S/C13H14N6O/c1-19(7-8-5-15-16-6-8)13(20)12-10-4-9(14)2-3-11(10)17-18-12/h2-6H,7,14H2,1H3,(H,15,16)(H,17,18). The monoisotopic (exact) mass is 270 g/mol. The molecule has 0 radical (unpaired) electrons. The number of hydrogen-bond acceptors (Lipinski definition) is 4. The first kappa shape index (κ1) is 12.2. The zero-order valence-electron chi connectivity index (χ0n) is 10.9. The second-order valence-corrected chi connectivity index (χ2v) is 4.65. The maximum absolute atomic E-state index is 12.4. The van der Waals surface area contributed by atoms with Crippen molar-refractivity contribution in [1.82, 2.24) is 25.3 Å². The van der Waals surface area contributed by atoms with Crippen LogP contribution in [0.3, 0.4) is 0 Å². The van der Waals surface area contributed by atoms with Crippen molar-refractivity contribution in [3.05, 3.63) is 41.9 Å². The van der Waals surface area contributed by atoms with E-state index in [1.54, 1.807) is 36.5 Å². The molecule has 1 amide bonds. The fourth-order valence-electron chi connectivity index (χ4n) is 2.09. The zero-order chi connectivity index (χ0) is 14.1. The molecule has 20 heavy (non-hydrogen) atoms. The fraction of sp³-hybridized carbons (Fsp3) is 0.154. The lowest BCUT2D eigenvalue weighted by Crippen LogP contribution is -2.26. The van der Waals surface area contributed by atoms with Gasteiger partial charge in [0.2, 0.25) is 0 Å². The van der Waals surface area contributed by atoms with E-state index >= 15 is 0 Å². The van der Waals surface area contributed by atoms with Crippen LogP contribution in [0.2, 0.25) is 0 Å². The number of fused-ring (bicyclic) bond motifs is 1. The van der Waals surface area contributed by atoms with E-state index in [4.69, 9.17) is 5.73 Å². The molecule has 0 fully saturated rings. The van der Waals surface area contributed by atoms with Gasteiger partial charge in [0, 0.05) is 36.4 Å². The van der Waals surface area contributed by atoms with Crippen LogP contribution in [-0.4, -0.2) is 38.2 Å². The van der Waals surface area contributed by atoms with E-state index in [2.05, 4.69) is 20.4 Å². The molecule has 0 saturated heterocycles.